The van der Waals surface area contributed by atoms with Crippen molar-refractivity contribution in [3.8, 4) is 5.75 Å². The molecule has 0 spiro atoms. The van der Waals surface area contributed by atoms with E-state index in [9.17, 15) is 23.5 Å². The standard InChI is InChI=1S/C23H23BrF2N2O5/c1-13-8-19(32-12-14-4-5-15(25)9-18(14)26)20(24)21(29)28(13)11-17-7-6-16(33-17)10-27-22(30)23(2,3)31/h4-9,31H,10-12H2,1-3H3,(H,27,30). The zero-order valence-electron chi connectivity index (χ0n) is 18.2. The number of aliphatic hydroxyl groups is 1. The Kier molecular flexibility index (Phi) is 7.38. The number of benzene rings is 1. The number of furan rings is 1. The molecule has 0 saturated heterocycles. The highest BCUT2D eigenvalue weighted by Gasteiger charge is 2.23. The van der Waals surface area contributed by atoms with Gasteiger partial charge in [0, 0.05) is 23.4 Å². The zero-order valence-corrected chi connectivity index (χ0v) is 19.8. The third-order valence-electron chi connectivity index (χ3n) is 4.82. The Hall–Kier alpha value is -2.98. The van der Waals surface area contributed by atoms with E-state index in [2.05, 4.69) is 21.2 Å². The molecular weight excluding hydrogens is 502 g/mol. The lowest BCUT2D eigenvalue weighted by atomic mass is 10.1. The summed E-state index contributed by atoms with van der Waals surface area (Å²) in [7, 11) is 0. The first-order chi connectivity index (χ1) is 15.5. The van der Waals surface area contributed by atoms with E-state index in [-0.39, 0.29) is 41.0 Å². The van der Waals surface area contributed by atoms with Crippen LogP contribution in [0.3, 0.4) is 0 Å². The first-order valence-electron chi connectivity index (χ1n) is 10.0. The molecule has 176 valence electrons. The number of nitrogens with zero attached hydrogens (tertiary/aromatic N) is 1. The molecule has 0 atom stereocenters. The van der Waals surface area contributed by atoms with Crippen molar-refractivity contribution in [2.45, 2.75) is 46.1 Å². The average molecular weight is 525 g/mol. The molecule has 2 aromatic heterocycles. The second kappa shape index (κ2) is 9.88. The first kappa shape index (κ1) is 24.7. The molecule has 0 bridgehead atoms. The van der Waals surface area contributed by atoms with Gasteiger partial charge in [-0.1, -0.05) is 0 Å². The lowest BCUT2D eigenvalue weighted by Crippen LogP contribution is -2.41. The average Bonchev–Trinajstić information content (AvgIpc) is 3.19. The van der Waals surface area contributed by atoms with Gasteiger partial charge in [0.25, 0.3) is 11.5 Å². The van der Waals surface area contributed by atoms with Crippen molar-refractivity contribution in [3.05, 3.63) is 85.6 Å². The summed E-state index contributed by atoms with van der Waals surface area (Å²) in [6, 6.07) is 8.17. The van der Waals surface area contributed by atoms with Crippen LogP contribution in [0.25, 0.3) is 0 Å². The molecule has 2 N–H and O–H groups in total. The number of rotatable bonds is 8. The monoisotopic (exact) mass is 524 g/mol. The molecule has 0 saturated carbocycles. The Morgan fingerprint density at radius 1 is 1.21 bits per heavy atom. The van der Waals surface area contributed by atoms with E-state index in [0.717, 1.165) is 12.1 Å². The largest absolute Gasteiger partial charge is 0.487 e. The van der Waals surface area contributed by atoms with Crippen LogP contribution in [0.4, 0.5) is 8.78 Å². The summed E-state index contributed by atoms with van der Waals surface area (Å²) in [5.41, 5.74) is -1.15. The quantitative estimate of drug-likeness (QED) is 0.467. The number of ether oxygens (including phenoxy) is 1. The van der Waals surface area contributed by atoms with Crippen LogP contribution in [0.5, 0.6) is 5.75 Å². The summed E-state index contributed by atoms with van der Waals surface area (Å²) in [5.74, 6) is -0.769. The Morgan fingerprint density at radius 3 is 2.58 bits per heavy atom. The van der Waals surface area contributed by atoms with Crippen molar-refractivity contribution in [1.29, 1.82) is 0 Å². The van der Waals surface area contributed by atoms with E-state index in [4.69, 9.17) is 9.15 Å². The molecule has 0 aliphatic rings. The van der Waals surface area contributed by atoms with Crippen molar-refractivity contribution >= 4 is 21.8 Å². The molecule has 3 rings (SSSR count). The number of hydrogen-bond donors (Lipinski definition) is 2. The number of halogens is 3. The van der Waals surface area contributed by atoms with Crippen LogP contribution >= 0.6 is 15.9 Å². The molecule has 0 aliphatic carbocycles. The van der Waals surface area contributed by atoms with E-state index in [0.29, 0.717) is 17.2 Å². The summed E-state index contributed by atoms with van der Waals surface area (Å²) < 4.78 is 39.8. The van der Waals surface area contributed by atoms with E-state index >= 15 is 0 Å². The lowest BCUT2D eigenvalue weighted by molar-refractivity contribution is -0.136. The second-order valence-electron chi connectivity index (χ2n) is 7.99. The second-order valence-corrected chi connectivity index (χ2v) is 8.78. The molecule has 0 fully saturated rings. The highest BCUT2D eigenvalue weighted by Crippen LogP contribution is 2.24. The number of hydrogen-bond acceptors (Lipinski definition) is 5. The van der Waals surface area contributed by atoms with Crippen LogP contribution in [0.1, 0.15) is 36.6 Å². The molecule has 0 unspecified atom stereocenters. The molecule has 1 aromatic carbocycles. The van der Waals surface area contributed by atoms with E-state index in [1.165, 1.54) is 24.5 Å². The van der Waals surface area contributed by atoms with Gasteiger partial charge in [-0.25, -0.2) is 8.78 Å². The maximum absolute atomic E-state index is 13.8. The van der Waals surface area contributed by atoms with E-state index in [1.807, 2.05) is 0 Å². The normalized spacial score (nSPS) is 11.5. The van der Waals surface area contributed by atoms with Gasteiger partial charge in [0.05, 0.1) is 13.1 Å². The molecule has 10 heteroatoms. The molecular formula is C23H23BrF2N2O5. The van der Waals surface area contributed by atoms with Crippen LogP contribution in [-0.2, 0) is 24.5 Å². The lowest BCUT2D eigenvalue weighted by Gasteiger charge is -2.15. The minimum atomic E-state index is -1.50. The Morgan fingerprint density at radius 2 is 1.91 bits per heavy atom. The maximum Gasteiger partial charge on any atom is 0.269 e. The number of carbonyl (C=O) groups excluding carboxylic acids is 1. The highest BCUT2D eigenvalue weighted by atomic mass is 79.9. The van der Waals surface area contributed by atoms with Gasteiger partial charge in [-0.2, -0.15) is 0 Å². The van der Waals surface area contributed by atoms with E-state index < -0.39 is 23.1 Å². The van der Waals surface area contributed by atoms with Gasteiger partial charge in [0.2, 0.25) is 0 Å². The van der Waals surface area contributed by atoms with Gasteiger partial charge in [-0.05, 0) is 61.0 Å². The predicted octanol–water partition coefficient (Wildman–Crippen LogP) is 3.80. The summed E-state index contributed by atoms with van der Waals surface area (Å²) in [6.45, 7) is 4.53. The Bertz CT molecular complexity index is 1230. The molecule has 7 nitrogen and oxygen atoms in total. The summed E-state index contributed by atoms with van der Waals surface area (Å²) in [4.78, 5) is 24.6. The fourth-order valence-corrected chi connectivity index (χ4v) is 3.40. The number of aromatic nitrogens is 1. The van der Waals surface area contributed by atoms with Crippen molar-refractivity contribution in [2.24, 2.45) is 0 Å². The minimum absolute atomic E-state index is 0.0904. The molecule has 3 aromatic rings. The van der Waals surface area contributed by atoms with Crippen molar-refractivity contribution < 1.29 is 27.8 Å². The molecule has 33 heavy (non-hydrogen) atoms. The van der Waals surface area contributed by atoms with Crippen molar-refractivity contribution in [3.63, 3.8) is 0 Å². The van der Waals surface area contributed by atoms with Crippen LogP contribution in [0.15, 0.2) is 50.1 Å². The topological polar surface area (TPSA) is 93.7 Å². The van der Waals surface area contributed by atoms with Gasteiger partial charge >= 0.3 is 0 Å². The van der Waals surface area contributed by atoms with Gasteiger partial charge < -0.3 is 24.1 Å². The van der Waals surface area contributed by atoms with Gasteiger partial charge in [-0.3, -0.25) is 9.59 Å². The number of aryl methyl sites for hydroxylation is 1. The molecule has 2 heterocycles. The molecule has 0 aliphatic heterocycles. The maximum atomic E-state index is 13.8. The van der Waals surface area contributed by atoms with Crippen molar-refractivity contribution in [2.75, 3.05) is 0 Å². The Labute approximate surface area is 197 Å². The number of amides is 1. The van der Waals surface area contributed by atoms with Gasteiger partial charge in [-0.15, -0.1) is 0 Å². The van der Waals surface area contributed by atoms with Gasteiger partial charge in [0.1, 0.15) is 45.6 Å². The number of carbonyl (C=O) groups is 1. The smallest absolute Gasteiger partial charge is 0.269 e. The zero-order chi connectivity index (χ0) is 24.3. The fourth-order valence-electron chi connectivity index (χ4n) is 2.95. The van der Waals surface area contributed by atoms with E-state index in [1.54, 1.807) is 25.1 Å². The number of nitrogens with one attached hydrogen (secondary N) is 1. The fraction of sp³-hybridized carbons (Fsp3) is 0.304. The van der Waals surface area contributed by atoms with Crippen molar-refractivity contribution in [1.82, 2.24) is 9.88 Å². The van der Waals surface area contributed by atoms with Crippen LogP contribution in [0.2, 0.25) is 0 Å². The minimum Gasteiger partial charge on any atom is -0.487 e. The summed E-state index contributed by atoms with van der Waals surface area (Å²) in [5, 5.41) is 12.2. The Balaban J connectivity index is 1.71. The first-order valence-corrected chi connectivity index (χ1v) is 10.8. The van der Waals surface area contributed by atoms with Crippen LogP contribution in [0, 0.1) is 18.6 Å². The van der Waals surface area contributed by atoms with Crippen LogP contribution < -0.4 is 15.6 Å². The van der Waals surface area contributed by atoms with Gasteiger partial charge in [0.15, 0.2) is 0 Å². The third kappa shape index (κ3) is 6.08. The third-order valence-corrected chi connectivity index (χ3v) is 5.55. The SMILES string of the molecule is Cc1cc(OCc2ccc(F)cc2F)c(Br)c(=O)n1Cc1ccc(CNC(=O)C(C)(C)O)o1. The molecule has 0 radical (unpaired) electrons. The highest BCUT2D eigenvalue weighted by molar-refractivity contribution is 9.10. The molecule has 1 amide bonds. The van der Waals surface area contributed by atoms with Crippen LogP contribution in [-0.4, -0.2) is 21.2 Å². The summed E-state index contributed by atoms with van der Waals surface area (Å²) >= 11 is 3.23. The predicted molar refractivity (Wildman–Crippen MR) is 120 cm³/mol. The summed E-state index contributed by atoms with van der Waals surface area (Å²) in [6.07, 6.45) is 0. The number of pyridine rings is 1.